The molecule has 2 N–H and O–H groups in total. The summed E-state index contributed by atoms with van der Waals surface area (Å²) in [6.07, 6.45) is 17.9. The van der Waals surface area contributed by atoms with Crippen molar-refractivity contribution in [3.63, 3.8) is 0 Å². The van der Waals surface area contributed by atoms with Gasteiger partial charge in [0.2, 0.25) is 0 Å². The van der Waals surface area contributed by atoms with Gasteiger partial charge in [0, 0.05) is 22.6 Å². The topological polar surface area (TPSA) is 109 Å². The van der Waals surface area contributed by atoms with Crippen LogP contribution in [0.25, 0.3) is 0 Å². The van der Waals surface area contributed by atoms with Crippen LogP contribution in [-0.2, 0) is 0 Å². The standard InChI is InChI=1S/C40H58O6S4/c1-3-5-7-9-11-13-17-35(37(41)31-19-23-33(24-20-31)39(43)44)47-27-15-29-49-50-30-16-28-48-36(18-14-12-10-8-6-4-2)38(42)32-21-25-34(26-22-32)40(45)46/h19-26,35-36H,3-18,27-30H2,1-2H3,(H,43,44)(H,45,46). The molecule has 0 aliphatic rings. The molecule has 2 aromatic rings. The highest BCUT2D eigenvalue weighted by atomic mass is 33.1. The maximum atomic E-state index is 13.4. The van der Waals surface area contributed by atoms with Crippen LogP contribution in [0.3, 0.4) is 0 Å². The number of carbonyl (C=O) groups is 4. The van der Waals surface area contributed by atoms with Crippen molar-refractivity contribution in [2.45, 2.75) is 127 Å². The predicted molar refractivity (Wildman–Crippen MR) is 218 cm³/mol. The fraction of sp³-hybridized carbons (Fsp3) is 0.600. The van der Waals surface area contributed by atoms with Crippen molar-refractivity contribution in [2.75, 3.05) is 23.0 Å². The molecule has 0 bridgehead atoms. The van der Waals surface area contributed by atoms with Crippen molar-refractivity contribution in [1.29, 1.82) is 0 Å². The number of benzene rings is 2. The van der Waals surface area contributed by atoms with Crippen LogP contribution in [0.1, 0.15) is 158 Å². The van der Waals surface area contributed by atoms with Gasteiger partial charge in [-0.05, 0) is 61.5 Å². The molecule has 10 heteroatoms. The summed E-state index contributed by atoms with van der Waals surface area (Å²) in [5, 5.41) is 18.2. The van der Waals surface area contributed by atoms with E-state index in [1.807, 2.05) is 21.6 Å². The lowest BCUT2D eigenvalue weighted by molar-refractivity contribution is 0.0686. The molecule has 0 amide bonds. The number of hydrogen-bond donors (Lipinski definition) is 2. The van der Waals surface area contributed by atoms with Gasteiger partial charge in [-0.3, -0.25) is 9.59 Å². The zero-order valence-electron chi connectivity index (χ0n) is 30.1. The van der Waals surface area contributed by atoms with E-state index in [1.165, 1.54) is 75.6 Å². The minimum atomic E-state index is -0.985. The second kappa shape index (κ2) is 27.7. The first kappa shape index (κ1) is 44.3. The average Bonchev–Trinajstić information content (AvgIpc) is 3.12. The molecule has 2 aromatic carbocycles. The maximum absolute atomic E-state index is 13.4. The lowest BCUT2D eigenvalue weighted by atomic mass is 10.0. The van der Waals surface area contributed by atoms with Crippen LogP contribution >= 0.6 is 45.1 Å². The Hall–Kier alpha value is -1.88. The number of ketones is 2. The molecule has 278 valence electrons. The fourth-order valence-electron chi connectivity index (χ4n) is 5.53. The summed E-state index contributed by atoms with van der Waals surface area (Å²) in [5.41, 5.74) is 1.57. The van der Waals surface area contributed by atoms with E-state index < -0.39 is 11.9 Å². The summed E-state index contributed by atoms with van der Waals surface area (Å²) in [4.78, 5) is 49.2. The van der Waals surface area contributed by atoms with Gasteiger partial charge in [0.05, 0.1) is 21.6 Å². The number of carboxylic acid groups (broad SMARTS) is 2. The SMILES string of the molecule is CCCCCCCCC(SCCCSSCCCSC(CCCCCCCC)C(=O)c1ccc(C(=O)O)cc1)C(=O)c1ccc(C(=O)O)cc1. The molecule has 0 aromatic heterocycles. The second-order valence-electron chi connectivity index (χ2n) is 12.7. The summed E-state index contributed by atoms with van der Waals surface area (Å²) in [6, 6.07) is 12.7. The Kier molecular flexibility index (Phi) is 24.6. The summed E-state index contributed by atoms with van der Waals surface area (Å²) in [6.45, 7) is 4.42. The highest BCUT2D eigenvalue weighted by Crippen LogP contribution is 2.29. The summed E-state index contributed by atoms with van der Waals surface area (Å²) < 4.78 is 0. The lowest BCUT2D eigenvalue weighted by Crippen LogP contribution is -2.18. The van der Waals surface area contributed by atoms with Crippen LogP contribution < -0.4 is 0 Å². The van der Waals surface area contributed by atoms with E-state index in [0.29, 0.717) is 11.1 Å². The number of Topliss-reactive ketones (excluding diaryl/α,β-unsaturated/α-hetero) is 2. The molecule has 2 rings (SSSR count). The van der Waals surface area contributed by atoms with Crippen molar-refractivity contribution in [3.8, 4) is 0 Å². The molecule has 0 spiro atoms. The summed E-state index contributed by atoms with van der Waals surface area (Å²) >= 11 is 3.48. The Morgan fingerprint density at radius 1 is 0.460 bits per heavy atom. The number of thioether (sulfide) groups is 2. The van der Waals surface area contributed by atoms with Crippen LogP contribution in [0.15, 0.2) is 48.5 Å². The molecule has 0 aliphatic heterocycles. The third-order valence-corrected chi connectivity index (χ3v) is 13.9. The molecule has 6 nitrogen and oxygen atoms in total. The van der Waals surface area contributed by atoms with E-state index in [9.17, 15) is 29.4 Å². The number of rotatable bonds is 31. The van der Waals surface area contributed by atoms with E-state index in [1.54, 1.807) is 47.8 Å². The van der Waals surface area contributed by atoms with Crippen molar-refractivity contribution in [2.24, 2.45) is 0 Å². The zero-order chi connectivity index (χ0) is 36.4. The number of unbranched alkanes of at least 4 members (excludes halogenated alkanes) is 10. The first-order chi connectivity index (χ1) is 24.3. The van der Waals surface area contributed by atoms with Crippen LogP contribution in [0.4, 0.5) is 0 Å². The number of aromatic carboxylic acids is 2. The first-order valence-corrected chi connectivity index (χ1v) is 23.1. The van der Waals surface area contributed by atoms with Gasteiger partial charge in [0.15, 0.2) is 11.6 Å². The van der Waals surface area contributed by atoms with Crippen molar-refractivity contribution in [1.82, 2.24) is 0 Å². The predicted octanol–water partition coefficient (Wildman–Crippen LogP) is 12.0. The minimum absolute atomic E-state index is 0.102. The highest BCUT2D eigenvalue weighted by molar-refractivity contribution is 8.76. The Labute approximate surface area is 317 Å². The molecule has 0 saturated carbocycles. The largest absolute Gasteiger partial charge is 0.478 e. The normalized spacial score (nSPS) is 12.4. The van der Waals surface area contributed by atoms with Crippen LogP contribution in [0, 0.1) is 0 Å². The molecule has 0 fully saturated rings. The van der Waals surface area contributed by atoms with Crippen molar-refractivity contribution < 1.29 is 29.4 Å². The van der Waals surface area contributed by atoms with Crippen molar-refractivity contribution >= 4 is 68.6 Å². The third-order valence-electron chi connectivity index (χ3n) is 8.52. The summed E-state index contributed by atoms with van der Waals surface area (Å²) in [5.74, 6) is 2.10. The van der Waals surface area contributed by atoms with Gasteiger partial charge in [0.25, 0.3) is 0 Å². The zero-order valence-corrected chi connectivity index (χ0v) is 33.3. The minimum Gasteiger partial charge on any atom is -0.478 e. The van der Waals surface area contributed by atoms with Gasteiger partial charge < -0.3 is 10.2 Å². The molecule has 2 atom stereocenters. The summed E-state index contributed by atoms with van der Waals surface area (Å²) in [7, 11) is 3.74. The van der Waals surface area contributed by atoms with Gasteiger partial charge in [0.1, 0.15) is 0 Å². The van der Waals surface area contributed by atoms with Crippen LogP contribution in [-0.4, -0.2) is 67.2 Å². The van der Waals surface area contributed by atoms with E-state index in [-0.39, 0.29) is 33.2 Å². The average molecular weight is 763 g/mol. The number of hydrogen-bond acceptors (Lipinski definition) is 8. The first-order valence-electron chi connectivity index (χ1n) is 18.5. The molecular weight excluding hydrogens is 705 g/mol. The van der Waals surface area contributed by atoms with Crippen molar-refractivity contribution in [3.05, 3.63) is 70.8 Å². The maximum Gasteiger partial charge on any atom is 0.335 e. The molecule has 0 aliphatic carbocycles. The second-order valence-corrected chi connectivity index (χ2v) is 18.0. The molecule has 0 saturated heterocycles. The molecule has 50 heavy (non-hydrogen) atoms. The quantitative estimate of drug-likeness (QED) is 0.0438. The molecule has 0 radical (unpaired) electrons. The molecule has 2 unspecified atom stereocenters. The Bertz CT molecular complexity index is 1150. The Morgan fingerprint density at radius 2 is 0.780 bits per heavy atom. The number of carboxylic acids is 2. The van der Waals surface area contributed by atoms with Gasteiger partial charge in [-0.1, -0.05) is 137 Å². The van der Waals surface area contributed by atoms with Crippen LogP contribution in [0.5, 0.6) is 0 Å². The van der Waals surface area contributed by atoms with Gasteiger partial charge in [-0.2, -0.15) is 23.5 Å². The van der Waals surface area contributed by atoms with Gasteiger partial charge in [-0.15, -0.1) is 0 Å². The fourth-order valence-corrected chi connectivity index (χ4v) is 10.5. The van der Waals surface area contributed by atoms with Crippen LogP contribution in [0.2, 0.25) is 0 Å². The monoisotopic (exact) mass is 762 g/mol. The Morgan fingerprint density at radius 3 is 1.12 bits per heavy atom. The number of carbonyl (C=O) groups excluding carboxylic acids is 2. The molecular formula is C40H58O6S4. The Balaban J connectivity index is 1.74. The molecule has 0 heterocycles. The highest BCUT2D eigenvalue weighted by Gasteiger charge is 2.22. The smallest absolute Gasteiger partial charge is 0.335 e. The van der Waals surface area contributed by atoms with Gasteiger partial charge in [-0.25, -0.2) is 9.59 Å². The van der Waals surface area contributed by atoms with E-state index in [0.717, 1.165) is 74.4 Å². The van der Waals surface area contributed by atoms with E-state index >= 15 is 0 Å². The van der Waals surface area contributed by atoms with E-state index in [4.69, 9.17) is 0 Å². The third kappa shape index (κ3) is 18.6. The lowest BCUT2D eigenvalue weighted by Gasteiger charge is -2.16. The van der Waals surface area contributed by atoms with E-state index in [2.05, 4.69) is 13.8 Å². The van der Waals surface area contributed by atoms with Gasteiger partial charge >= 0.3 is 11.9 Å².